The highest BCUT2D eigenvalue weighted by Gasteiger charge is 2.43. The minimum atomic E-state index is -1.38. The number of halogens is 1. The van der Waals surface area contributed by atoms with E-state index in [0.717, 1.165) is 5.57 Å². The number of nitrogen functional groups attached to an aromatic ring is 1. The number of benzene rings is 2. The number of ketones is 1. The standard InChI is InChI=1S/C33H40ClN3O4/c1-9-12-19(4)30(31(36)37-21(6)20(5)26-15-14-25(34)18-27(26)35)33(8,29(38)11-3)22(7)41-28-16-13-24(32(39)40)17-23(28)10-2/h12-18H,5,7,9-11,35-36H2,1-4,6,8H3,(H,39,40)/b19-12+,31-30+,37-21+. The van der Waals surface area contributed by atoms with Gasteiger partial charge >= 0.3 is 5.97 Å². The molecular weight excluding hydrogens is 538 g/mol. The summed E-state index contributed by atoms with van der Waals surface area (Å²) < 4.78 is 6.25. The molecule has 0 aromatic heterocycles. The smallest absolute Gasteiger partial charge is 0.335 e. The first-order valence-electron chi connectivity index (χ1n) is 13.5. The lowest BCUT2D eigenvalue weighted by Crippen LogP contribution is -2.36. The highest BCUT2D eigenvalue weighted by atomic mass is 35.5. The van der Waals surface area contributed by atoms with Crippen molar-refractivity contribution < 1.29 is 19.4 Å². The van der Waals surface area contributed by atoms with Crippen LogP contribution in [0.25, 0.3) is 5.57 Å². The lowest BCUT2D eigenvalue weighted by atomic mass is 9.72. The molecule has 0 amide bonds. The van der Waals surface area contributed by atoms with Crippen LogP contribution in [0.3, 0.4) is 0 Å². The van der Waals surface area contributed by atoms with Crippen molar-refractivity contribution in [2.45, 2.75) is 60.8 Å². The molecule has 2 aromatic rings. The molecule has 0 heterocycles. The number of hydrogen-bond acceptors (Lipinski definition) is 6. The second kappa shape index (κ2) is 14.0. The summed E-state index contributed by atoms with van der Waals surface area (Å²) in [6.45, 7) is 19.3. The van der Waals surface area contributed by atoms with E-state index in [0.29, 0.717) is 57.3 Å². The molecule has 1 unspecified atom stereocenters. The Hall–Kier alpha value is -4.10. The normalized spacial score (nSPS) is 14.1. The molecule has 0 aliphatic heterocycles. The quantitative estimate of drug-likeness (QED) is 0.0965. The molecule has 0 aliphatic rings. The van der Waals surface area contributed by atoms with Crippen molar-refractivity contribution in [2.75, 3.05) is 5.73 Å². The van der Waals surface area contributed by atoms with Crippen molar-refractivity contribution in [2.24, 2.45) is 16.1 Å². The van der Waals surface area contributed by atoms with E-state index in [1.807, 2.05) is 26.8 Å². The molecule has 0 saturated carbocycles. The summed E-state index contributed by atoms with van der Waals surface area (Å²) in [7, 11) is 0. The lowest BCUT2D eigenvalue weighted by Gasteiger charge is -2.34. The number of allylic oxidation sites excluding steroid dienone is 4. The van der Waals surface area contributed by atoms with E-state index in [1.54, 1.807) is 51.1 Å². The Morgan fingerprint density at radius 2 is 1.78 bits per heavy atom. The van der Waals surface area contributed by atoms with Crippen LogP contribution in [0.4, 0.5) is 5.69 Å². The number of carbonyl (C=O) groups excluding carboxylic acids is 1. The van der Waals surface area contributed by atoms with Gasteiger partial charge in [-0.1, -0.05) is 57.7 Å². The maximum atomic E-state index is 13.7. The van der Waals surface area contributed by atoms with E-state index in [4.69, 9.17) is 27.8 Å². The Kier molecular flexibility index (Phi) is 11.3. The predicted octanol–water partition coefficient (Wildman–Crippen LogP) is 7.76. The molecule has 0 radical (unpaired) electrons. The van der Waals surface area contributed by atoms with Gasteiger partial charge in [-0.05, 0) is 80.7 Å². The number of carbonyl (C=O) groups is 2. The first-order valence-corrected chi connectivity index (χ1v) is 13.8. The maximum Gasteiger partial charge on any atom is 0.335 e. The number of Topliss-reactive ketones (excluding diaryl/α,β-unsaturated/α-hetero) is 1. The molecule has 7 nitrogen and oxygen atoms in total. The summed E-state index contributed by atoms with van der Waals surface area (Å²) in [5, 5.41) is 9.91. The average Bonchev–Trinajstić information content (AvgIpc) is 2.92. The zero-order valence-electron chi connectivity index (χ0n) is 24.7. The van der Waals surface area contributed by atoms with Crippen LogP contribution < -0.4 is 16.2 Å². The van der Waals surface area contributed by atoms with Gasteiger partial charge in [-0.3, -0.25) is 4.79 Å². The first kappa shape index (κ1) is 33.1. The number of anilines is 1. The fraction of sp³-hybridized carbons (Fsp3) is 0.303. The summed E-state index contributed by atoms with van der Waals surface area (Å²) in [4.78, 5) is 29.9. The minimum absolute atomic E-state index is 0.115. The van der Waals surface area contributed by atoms with Crippen molar-refractivity contribution in [3.8, 4) is 5.75 Å². The predicted molar refractivity (Wildman–Crippen MR) is 169 cm³/mol. The molecule has 0 saturated heterocycles. The number of aliphatic imine (C=N–C) groups is 1. The molecule has 1 atom stereocenters. The van der Waals surface area contributed by atoms with Crippen LogP contribution >= 0.6 is 11.6 Å². The summed E-state index contributed by atoms with van der Waals surface area (Å²) in [6.07, 6.45) is 3.36. The Bertz CT molecular complexity index is 1470. The van der Waals surface area contributed by atoms with Crippen molar-refractivity contribution in [3.63, 3.8) is 0 Å². The Morgan fingerprint density at radius 3 is 2.32 bits per heavy atom. The van der Waals surface area contributed by atoms with Gasteiger partial charge in [0, 0.05) is 34.0 Å². The van der Waals surface area contributed by atoms with E-state index in [9.17, 15) is 14.7 Å². The zero-order valence-corrected chi connectivity index (χ0v) is 25.5. The second-order valence-corrected chi connectivity index (χ2v) is 10.3. The van der Waals surface area contributed by atoms with Crippen molar-refractivity contribution in [1.82, 2.24) is 0 Å². The number of rotatable bonds is 13. The number of aryl methyl sites for hydroxylation is 1. The fourth-order valence-electron chi connectivity index (χ4n) is 4.68. The van der Waals surface area contributed by atoms with Gasteiger partial charge in [0.05, 0.1) is 5.56 Å². The average molecular weight is 578 g/mol. The molecule has 2 rings (SSSR count). The van der Waals surface area contributed by atoms with Gasteiger partial charge in [0.1, 0.15) is 22.7 Å². The molecule has 218 valence electrons. The van der Waals surface area contributed by atoms with E-state index < -0.39 is 11.4 Å². The molecule has 2 aromatic carbocycles. The fourth-order valence-corrected chi connectivity index (χ4v) is 4.86. The van der Waals surface area contributed by atoms with Crippen LogP contribution in [0.1, 0.15) is 75.9 Å². The third-order valence-corrected chi connectivity index (χ3v) is 7.32. The van der Waals surface area contributed by atoms with Crippen LogP contribution in [-0.4, -0.2) is 22.6 Å². The van der Waals surface area contributed by atoms with Gasteiger partial charge in [0.2, 0.25) is 0 Å². The number of hydrogen-bond donors (Lipinski definition) is 3. The Morgan fingerprint density at radius 1 is 1.12 bits per heavy atom. The van der Waals surface area contributed by atoms with Crippen molar-refractivity contribution in [1.29, 1.82) is 0 Å². The van der Waals surface area contributed by atoms with Gasteiger partial charge in [-0.25, -0.2) is 9.79 Å². The lowest BCUT2D eigenvalue weighted by molar-refractivity contribution is -0.125. The largest absolute Gasteiger partial charge is 0.478 e. The third kappa shape index (κ3) is 7.35. The number of nitrogens with zero attached hydrogens (tertiary/aromatic N) is 1. The number of carboxylic acid groups (broad SMARTS) is 1. The van der Waals surface area contributed by atoms with Crippen LogP contribution in [0.2, 0.25) is 5.02 Å². The number of ether oxygens (including phenoxy) is 1. The van der Waals surface area contributed by atoms with Gasteiger partial charge < -0.3 is 21.3 Å². The van der Waals surface area contributed by atoms with Gasteiger partial charge in [0.15, 0.2) is 5.78 Å². The number of nitrogens with two attached hydrogens (primary N) is 2. The van der Waals surface area contributed by atoms with E-state index >= 15 is 0 Å². The summed E-state index contributed by atoms with van der Waals surface area (Å²) in [5.41, 5.74) is 15.7. The highest BCUT2D eigenvalue weighted by molar-refractivity contribution is 6.31. The zero-order chi connectivity index (χ0) is 31.1. The SMILES string of the molecule is C=C(/C(C)=N/C(N)=C(\C(C)=C\CC)C(C)(C(=C)Oc1ccc(C(=O)O)cc1CC)C(=O)CC)c1ccc(Cl)cc1N. The van der Waals surface area contributed by atoms with E-state index in [1.165, 1.54) is 6.07 Å². The summed E-state index contributed by atoms with van der Waals surface area (Å²) >= 11 is 6.06. The molecule has 41 heavy (non-hydrogen) atoms. The molecule has 0 bridgehead atoms. The number of carboxylic acids is 1. The Labute approximate surface area is 248 Å². The third-order valence-electron chi connectivity index (χ3n) is 7.08. The van der Waals surface area contributed by atoms with Crippen LogP contribution in [-0.2, 0) is 11.2 Å². The first-order chi connectivity index (χ1) is 19.2. The molecule has 0 fully saturated rings. The second-order valence-electron chi connectivity index (χ2n) is 9.87. The molecular formula is C33H40ClN3O4. The topological polar surface area (TPSA) is 128 Å². The Balaban J connectivity index is 2.73. The molecule has 0 aliphatic carbocycles. The summed E-state index contributed by atoms with van der Waals surface area (Å²) in [5.74, 6) is -0.524. The van der Waals surface area contributed by atoms with Crippen molar-refractivity contribution in [3.05, 3.63) is 100 Å². The van der Waals surface area contributed by atoms with Crippen LogP contribution in [0.15, 0.2) is 83.4 Å². The van der Waals surface area contributed by atoms with Crippen LogP contribution in [0, 0.1) is 5.41 Å². The van der Waals surface area contributed by atoms with Gasteiger partial charge in [-0.2, -0.15) is 0 Å². The van der Waals surface area contributed by atoms with Crippen LogP contribution in [0.5, 0.6) is 5.75 Å². The minimum Gasteiger partial charge on any atom is -0.478 e. The van der Waals surface area contributed by atoms with Gasteiger partial charge in [-0.15, -0.1) is 0 Å². The molecule has 0 spiro atoms. The van der Waals surface area contributed by atoms with Crippen molar-refractivity contribution >= 4 is 40.3 Å². The van der Waals surface area contributed by atoms with E-state index in [-0.39, 0.29) is 29.3 Å². The number of aromatic carboxylic acids is 1. The highest BCUT2D eigenvalue weighted by Crippen LogP contribution is 2.43. The summed E-state index contributed by atoms with van der Waals surface area (Å²) in [6, 6.07) is 9.71. The van der Waals surface area contributed by atoms with Gasteiger partial charge in [0.25, 0.3) is 0 Å². The maximum absolute atomic E-state index is 13.7. The molecule has 8 heteroatoms. The monoisotopic (exact) mass is 577 g/mol. The van der Waals surface area contributed by atoms with E-state index in [2.05, 4.69) is 18.2 Å². The molecule has 5 N–H and O–H groups in total.